The highest BCUT2D eigenvalue weighted by Crippen LogP contribution is 2.25. The Bertz CT molecular complexity index is 2180. The molecule has 0 radical (unpaired) electrons. The standard InChI is InChI=1S/C21H19N3O4S2.C11H13N3O3S2/c1-28-17-4-2-15-3-5-19(10-16(15)9-17)30(26,27)23-20-6-7-24(21(20)25)12-14-8-18(11-22)29-13-14;1-19(16,17)13-10-2-3-14(11(10)15)6-8-4-9(5-12)18-7-8/h2-5,8-10,13,20,23H,6-7,12H2,1H3;4,7,10,13H,2-3,6H2,1H3/t20-;10-/m00/s1. The second-order valence-corrected chi connectivity index (χ2v) is 16.8. The third kappa shape index (κ3) is 9.01. The van der Waals surface area contributed by atoms with Crippen molar-refractivity contribution in [3.8, 4) is 17.9 Å². The molecule has 2 fully saturated rings. The molecule has 2 aliphatic rings. The summed E-state index contributed by atoms with van der Waals surface area (Å²) < 4.78 is 58.1. The molecule has 2 saturated heterocycles. The highest BCUT2D eigenvalue weighted by molar-refractivity contribution is 7.89. The number of methoxy groups -OCH3 is 1. The van der Waals surface area contributed by atoms with E-state index >= 15 is 0 Å². The maximum atomic E-state index is 12.9. The summed E-state index contributed by atoms with van der Waals surface area (Å²) in [5.74, 6) is 0.167. The molecule has 0 aliphatic carbocycles. The van der Waals surface area contributed by atoms with Gasteiger partial charge in [-0.2, -0.15) is 15.2 Å². The Morgan fingerprint density at radius 3 is 1.82 bits per heavy atom. The molecule has 2 aromatic heterocycles. The van der Waals surface area contributed by atoms with Crippen molar-refractivity contribution in [2.45, 2.75) is 42.9 Å². The summed E-state index contributed by atoms with van der Waals surface area (Å²) in [5, 5.41) is 23.0. The quantitative estimate of drug-likeness (QED) is 0.246. The lowest BCUT2D eigenvalue weighted by atomic mass is 10.1. The number of carbonyl (C=O) groups is 2. The fourth-order valence-electron chi connectivity index (χ4n) is 5.50. The Labute approximate surface area is 292 Å². The number of likely N-dealkylation sites (tertiary alicyclic amines) is 2. The Morgan fingerprint density at radius 2 is 1.33 bits per heavy atom. The van der Waals surface area contributed by atoms with E-state index in [1.165, 1.54) is 28.7 Å². The molecule has 2 atom stereocenters. The van der Waals surface area contributed by atoms with Crippen LogP contribution in [0.15, 0.2) is 64.2 Å². The van der Waals surface area contributed by atoms with Gasteiger partial charge in [0.15, 0.2) is 0 Å². The van der Waals surface area contributed by atoms with E-state index in [2.05, 4.69) is 15.5 Å². The molecule has 6 rings (SSSR count). The van der Waals surface area contributed by atoms with Crippen molar-refractivity contribution in [3.63, 3.8) is 0 Å². The molecule has 2 aliphatic heterocycles. The second kappa shape index (κ2) is 15.0. The molecule has 17 heteroatoms. The third-order valence-electron chi connectivity index (χ3n) is 7.85. The third-order valence-corrected chi connectivity index (χ3v) is 11.8. The average molecular weight is 741 g/mol. The van der Waals surface area contributed by atoms with Crippen LogP contribution in [0.25, 0.3) is 10.8 Å². The summed E-state index contributed by atoms with van der Waals surface area (Å²) in [7, 11) is -5.68. The molecule has 0 saturated carbocycles. The minimum absolute atomic E-state index is 0.103. The predicted molar refractivity (Wildman–Crippen MR) is 185 cm³/mol. The normalized spacial score (nSPS) is 17.9. The van der Waals surface area contributed by atoms with Crippen LogP contribution in [0.3, 0.4) is 0 Å². The summed E-state index contributed by atoms with van der Waals surface area (Å²) in [6.07, 6.45) is 1.91. The van der Waals surface area contributed by atoms with E-state index < -0.39 is 32.1 Å². The fourth-order valence-corrected chi connectivity index (χ4v) is 8.88. The predicted octanol–water partition coefficient (Wildman–Crippen LogP) is 3.13. The van der Waals surface area contributed by atoms with Crippen LogP contribution in [-0.2, 0) is 42.7 Å². The minimum Gasteiger partial charge on any atom is -0.497 e. The highest BCUT2D eigenvalue weighted by Gasteiger charge is 2.35. The van der Waals surface area contributed by atoms with Crippen LogP contribution in [0.2, 0.25) is 0 Å². The van der Waals surface area contributed by atoms with Crippen LogP contribution < -0.4 is 14.2 Å². The zero-order chi connectivity index (χ0) is 35.3. The monoisotopic (exact) mass is 740 g/mol. The van der Waals surface area contributed by atoms with Crippen LogP contribution in [0.4, 0.5) is 0 Å². The van der Waals surface area contributed by atoms with Gasteiger partial charge in [-0.1, -0.05) is 12.1 Å². The maximum absolute atomic E-state index is 12.9. The molecular formula is C32H32N6O7S4. The summed E-state index contributed by atoms with van der Waals surface area (Å²) >= 11 is 2.66. The molecule has 4 heterocycles. The van der Waals surface area contributed by atoms with E-state index in [0.29, 0.717) is 54.5 Å². The van der Waals surface area contributed by atoms with Gasteiger partial charge in [-0.05, 0) is 81.9 Å². The number of carbonyl (C=O) groups excluding carboxylic acids is 2. The fraction of sp³-hybridized carbons (Fsp3) is 0.312. The van der Waals surface area contributed by atoms with Gasteiger partial charge in [0.25, 0.3) is 0 Å². The molecule has 0 bridgehead atoms. The summed E-state index contributed by atoms with van der Waals surface area (Å²) in [5.41, 5.74) is 1.77. The average Bonchev–Trinajstić information content (AvgIpc) is 3.87. The zero-order valence-corrected chi connectivity index (χ0v) is 29.7. The van der Waals surface area contributed by atoms with E-state index in [4.69, 9.17) is 15.3 Å². The number of nitriles is 2. The number of rotatable bonds is 10. The Morgan fingerprint density at radius 1 is 0.796 bits per heavy atom. The summed E-state index contributed by atoms with van der Waals surface area (Å²) in [6, 6.07) is 16.4. The van der Waals surface area contributed by atoms with Gasteiger partial charge in [0, 0.05) is 26.2 Å². The van der Waals surface area contributed by atoms with Gasteiger partial charge in [-0.25, -0.2) is 21.6 Å². The first-order valence-corrected chi connectivity index (χ1v) is 20.0. The van der Waals surface area contributed by atoms with E-state index in [1.807, 2.05) is 29.0 Å². The molecule has 0 spiro atoms. The second-order valence-electron chi connectivity index (χ2n) is 11.5. The lowest BCUT2D eigenvalue weighted by Crippen LogP contribution is -2.41. The van der Waals surface area contributed by atoms with E-state index in [1.54, 1.807) is 47.2 Å². The maximum Gasteiger partial charge on any atom is 0.241 e. The van der Waals surface area contributed by atoms with Crippen molar-refractivity contribution in [2.24, 2.45) is 0 Å². The van der Waals surface area contributed by atoms with Crippen LogP contribution in [0.5, 0.6) is 5.75 Å². The SMILES string of the molecule is COc1ccc2ccc(S(=O)(=O)N[C@H]3CCN(Cc4csc(C#N)c4)C3=O)cc2c1.CS(=O)(=O)N[C@H]1CCN(Cc2csc(C#N)c2)C1=O. The number of hydrogen-bond donors (Lipinski definition) is 2. The first-order valence-electron chi connectivity index (χ1n) is 14.9. The first-order chi connectivity index (χ1) is 23.3. The van der Waals surface area contributed by atoms with Crippen LogP contribution in [0, 0.1) is 22.7 Å². The van der Waals surface area contributed by atoms with Gasteiger partial charge in [0.2, 0.25) is 31.9 Å². The smallest absolute Gasteiger partial charge is 0.241 e. The topological polar surface area (TPSA) is 190 Å². The number of ether oxygens (including phenoxy) is 1. The largest absolute Gasteiger partial charge is 0.497 e. The Balaban J connectivity index is 0.000000212. The van der Waals surface area contributed by atoms with Gasteiger partial charge < -0.3 is 14.5 Å². The van der Waals surface area contributed by atoms with Crippen molar-refractivity contribution in [2.75, 3.05) is 26.5 Å². The van der Waals surface area contributed by atoms with Crippen LogP contribution >= 0.6 is 22.7 Å². The lowest BCUT2D eigenvalue weighted by molar-refractivity contribution is -0.130. The molecular weight excluding hydrogens is 709 g/mol. The molecule has 256 valence electrons. The van der Waals surface area contributed by atoms with Gasteiger partial charge in [-0.3, -0.25) is 9.59 Å². The molecule has 13 nitrogen and oxygen atoms in total. The van der Waals surface area contributed by atoms with Gasteiger partial charge in [0.05, 0.1) is 18.3 Å². The number of benzene rings is 2. The Hall–Kier alpha value is -4.36. The van der Waals surface area contributed by atoms with Crippen molar-refractivity contribution in [1.82, 2.24) is 19.2 Å². The highest BCUT2D eigenvalue weighted by atomic mass is 32.2. The first kappa shape index (κ1) is 35.9. The van der Waals surface area contributed by atoms with Crippen molar-refractivity contribution in [1.29, 1.82) is 10.5 Å². The molecule has 2 aromatic carbocycles. The van der Waals surface area contributed by atoms with Gasteiger partial charge >= 0.3 is 0 Å². The zero-order valence-electron chi connectivity index (χ0n) is 26.5. The number of fused-ring (bicyclic) bond motifs is 1. The van der Waals surface area contributed by atoms with Crippen LogP contribution in [-0.4, -0.2) is 77.0 Å². The van der Waals surface area contributed by atoms with Crippen molar-refractivity contribution >= 4 is 65.3 Å². The lowest BCUT2D eigenvalue weighted by Gasteiger charge is -2.16. The molecule has 0 unspecified atom stereocenters. The number of nitrogens with zero attached hydrogens (tertiary/aromatic N) is 4. The van der Waals surface area contributed by atoms with E-state index in [9.17, 15) is 26.4 Å². The number of nitrogens with one attached hydrogen (secondary N) is 2. The van der Waals surface area contributed by atoms with Crippen LogP contribution in [0.1, 0.15) is 33.7 Å². The van der Waals surface area contributed by atoms with E-state index in [0.717, 1.165) is 28.2 Å². The van der Waals surface area contributed by atoms with Crippen molar-refractivity contribution in [3.05, 3.63) is 80.2 Å². The molecule has 4 aromatic rings. The summed E-state index contributed by atoms with van der Waals surface area (Å²) in [6.45, 7) is 1.76. The van der Waals surface area contributed by atoms with Gasteiger partial charge in [-0.15, -0.1) is 22.7 Å². The van der Waals surface area contributed by atoms with E-state index in [-0.39, 0.29) is 16.7 Å². The van der Waals surface area contributed by atoms with Crippen molar-refractivity contribution < 1.29 is 31.2 Å². The molecule has 2 N–H and O–H groups in total. The number of amides is 2. The summed E-state index contributed by atoms with van der Waals surface area (Å²) in [4.78, 5) is 29.2. The van der Waals surface area contributed by atoms with Gasteiger partial charge in [0.1, 0.15) is 39.7 Å². The molecule has 2 amide bonds. The molecule has 49 heavy (non-hydrogen) atoms. The number of thiophene rings is 2. The minimum atomic E-state index is -3.86. The number of hydrogen-bond acceptors (Lipinski definition) is 11. The number of sulfonamides is 2. The Kier molecular flexibility index (Phi) is 11.0.